The minimum absolute atomic E-state index is 0.220. The molecular formula is C19H13Cl2FN4O2. The second-order valence-electron chi connectivity index (χ2n) is 5.52. The number of hydrogen-bond donors (Lipinski definition) is 3. The van der Waals surface area contributed by atoms with Crippen molar-refractivity contribution in [2.45, 2.75) is 0 Å². The van der Waals surface area contributed by atoms with Crippen LogP contribution in [0.15, 0.2) is 60.9 Å². The highest BCUT2D eigenvalue weighted by molar-refractivity contribution is 6.39. The first-order chi connectivity index (χ1) is 13.4. The Morgan fingerprint density at radius 3 is 2.46 bits per heavy atom. The first-order valence-electron chi connectivity index (χ1n) is 7.93. The molecule has 6 nitrogen and oxygen atoms in total. The van der Waals surface area contributed by atoms with Crippen molar-refractivity contribution < 1.29 is 14.3 Å². The minimum atomic E-state index is -0.942. The van der Waals surface area contributed by atoms with E-state index in [1.165, 1.54) is 30.6 Å². The summed E-state index contributed by atoms with van der Waals surface area (Å²) in [5.74, 6) is -0.808. The number of nitrogens with zero attached hydrogens (tertiary/aromatic N) is 2. The van der Waals surface area contributed by atoms with Crippen LogP contribution in [0.1, 0.15) is 10.4 Å². The quantitative estimate of drug-likeness (QED) is 0.406. The number of fused-ring (bicyclic) bond motifs is 1. The SMILES string of the molecule is Fc1ccc2nc(Nc3c(Cl)cccc3Cl)[nH]c2c1.O=C(O)c1cccnc1. The molecule has 142 valence electrons. The molecule has 0 amide bonds. The number of H-pyrrole nitrogens is 1. The topological polar surface area (TPSA) is 90.9 Å². The number of halogens is 3. The maximum atomic E-state index is 13.1. The van der Waals surface area contributed by atoms with Gasteiger partial charge in [0.2, 0.25) is 5.95 Å². The maximum absolute atomic E-state index is 13.1. The predicted octanol–water partition coefficient (Wildman–Crippen LogP) is 5.53. The number of hydrogen-bond acceptors (Lipinski definition) is 4. The standard InChI is InChI=1S/C13H8Cl2FN3.C6H5NO2/c14-8-2-1-3-9(15)12(8)19-13-17-10-5-4-7(16)6-11(10)18-13;8-6(9)5-2-1-3-7-4-5/h1-6H,(H2,17,18,19);1-4H,(H,8,9). The van der Waals surface area contributed by atoms with E-state index >= 15 is 0 Å². The summed E-state index contributed by atoms with van der Waals surface area (Å²) in [4.78, 5) is 21.0. The molecule has 2 heterocycles. The minimum Gasteiger partial charge on any atom is -0.478 e. The Morgan fingerprint density at radius 1 is 1.11 bits per heavy atom. The van der Waals surface area contributed by atoms with E-state index in [4.69, 9.17) is 28.3 Å². The molecule has 0 unspecified atom stereocenters. The lowest BCUT2D eigenvalue weighted by molar-refractivity contribution is 0.0696. The number of carbonyl (C=O) groups is 1. The normalized spacial score (nSPS) is 10.2. The molecular weight excluding hydrogens is 406 g/mol. The maximum Gasteiger partial charge on any atom is 0.337 e. The van der Waals surface area contributed by atoms with Gasteiger partial charge in [0.15, 0.2) is 0 Å². The third-order valence-corrected chi connectivity index (χ3v) is 4.19. The van der Waals surface area contributed by atoms with Crippen LogP contribution in [0.3, 0.4) is 0 Å². The van der Waals surface area contributed by atoms with E-state index < -0.39 is 5.97 Å². The van der Waals surface area contributed by atoms with E-state index in [1.54, 1.807) is 30.3 Å². The van der Waals surface area contributed by atoms with Crippen LogP contribution in [0, 0.1) is 5.82 Å². The van der Waals surface area contributed by atoms with Gasteiger partial charge in [0, 0.05) is 12.4 Å². The highest BCUT2D eigenvalue weighted by Crippen LogP contribution is 2.32. The fourth-order valence-electron chi connectivity index (χ4n) is 2.27. The van der Waals surface area contributed by atoms with E-state index in [1.807, 2.05) is 0 Å². The van der Waals surface area contributed by atoms with E-state index in [0.29, 0.717) is 32.7 Å². The molecule has 2 aromatic heterocycles. The molecule has 0 radical (unpaired) electrons. The lowest BCUT2D eigenvalue weighted by atomic mass is 10.3. The summed E-state index contributed by atoms with van der Waals surface area (Å²) in [6, 6.07) is 12.6. The lowest BCUT2D eigenvalue weighted by Crippen LogP contribution is -1.94. The number of para-hydroxylation sites is 1. The zero-order valence-corrected chi connectivity index (χ0v) is 15.7. The molecule has 0 bridgehead atoms. The van der Waals surface area contributed by atoms with E-state index in [0.717, 1.165) is 0 Å². The Morgan fingerprint density at radius 2 is 1.86 bits per heavy atom. The molecule has 0 saturated heterocycles. The zero-order chi connectivity index (χ0) is 20.1. The van der Waals surface area contributed by atoms with Crippen molar-refractivity contribution in [3.8, 4) is 0 Å². The first-order valence-corrected chi connectivity index (χ1v) is 8.69. The molecule has 2 aromatic carbocycles. The van der Waals surface area contributed by atoms with Gasteiger partial charge in [0.05, 0.1) is 32.3 Å². The molecule has 0 aliphatic rings. The number of aromatic nitrogens is 3. The number of carboxylic acid groups (broad SMARTS) is 1. The first kappa shape index (κ1) is 19.6. The van der Waals surface area contributed by atoms with Crippen molar-refractivity contribution in [3.63, 3.8) is 0 Å². The fourth-order valence-corrected chi connectivity index (χ4v) is 2.76. The van der Waals surface area contributed by atoms with Gasteiger partial charge >= 0.3 is 5.97 Å². The number of nitrogens with one attached hydrogen (secondary N) is 2. The van der Waals surface area contributed by atoms with Gasteiger partial charge in [-0.25, -0.2) is 14.2 Å². The van der Waals surface area contributed by atoms with Crippen LogP contribution in [0.2, 0.25) is 10.0 Å². The third kappa shape index (κ3) is 4.76. The van der Waals surface area contributed by atoms with Crippen molar-refractivity contribution in [2.24, 2.45) is 0 Å². The highest BCUT2D eigenvalue weighted by Gasteiger charge is 2.09. The molecule has 9 heteroatoms. The van der Waals surface area contributed by atoms with Gasteiger partial charge in [0.1, 0.15) is 5.82 Å². The monoisotopic (exact) mass is 418 g/mol. The number of rotatable bonds is 3. The summed E-state index contributed by atoms with van der Waals surface area (Å²) in [5.41, 5.74) is 2.04. The van der Waals surface area contributed by atoms with E-state index in [-0.39, 0.29) is 11.4 Å². The van der Waals surface area contributed by atoms with Gasteiger partial charge in [-0.2, -0.15) is 0 Å². The van der Waals surface area contributed by atoms with Crippen molar-refractivity contribution in [1.82, 2.24) is 15.0 Å². The molecule has 0 atom stereocenters. The van der Waals surface area contributed by atoms with Crippen LogP contribution in [0.5, 0.6) is 0 Å². The Bertz CT molecular complexity index is 1100. The van der Waals surface area contributed by atoms with Gasteiger partial charge < -0.3 is 15.4 Å². The molecule has 28 heavy (non-hydrogen) atoms. The van der Waals surface area contributed by atoms with Crippen LogP contribution < -0.4 is 5.32 Å². The van der Waals surface area contributed by atoms with Crippen molar-refractivity contribution in [3.05, 3.63) is 82.4 Å². The summed E-state index contributed by atoms with van der Waals surface area (Å²) in [6.07, 6.45) is 2.84. The zero-order valence-electron chi connectivity index (χ0n) is 14.2. The Hall–Kier alpha value is -3.16. The van der Waals surface area contributed by atoms with Gasteiger partial charge in [-0.15, -0.1) is 0 Å². The molecule has 0 aliphatic carbocycles. The number of aromatic carboxylic acids is 1. The number of pyridine rings is 1. The summed E-state index contributed by atoms with van der Waals surface area (Å²) in [5, 5.41) is 12.3. The number of imidazole rings is 1. The second kappa shape index (κ2) is 8.69. The number of anilines is 2. The molecule has 0 aliphatic heterocycles. The van der Waals surface area contributed by atoms with E-state index in [2.05, 4.69) is 20.3 Å². The van der Waals surface area contributed by atoms with Crippen LogP contribution >= 0.6 is 23.2 Å². The van der Waals surface area contributed by atoms with Gasteiger partial charge in [-0.3, -0.25) is 4.98 Å². The average Bonchev–Trinajstić information content (AvgIpc) is 3.07. The number of carboxylic acids is 1. The molecule has 4 aromatic rings. The van der Waals surface area contributed by atoms with Crippen molar-refractivity contribution in [1.29, 1.82) is 0 Å². The molecule has 0 fully saturated rings. The summed E-state index contributed by atoms with van der Waals surface area (Å²) in [6.45, 7) is 0. The molecule has 0 saturated carbocycles. The van der Waals surface area contributed by atoms with Gasteiger partial charge in [-0.1, -0.05) is 29.3 Å². The highest BCUT2D eigenvalue weighted by atomic mass is 35.5. The van der Waals surface area contributed by atoms with Crippen molar-refractivity contribution >= 4 is 51.8 Å². The third-order valence-electron chi connectivity index (χ3n) is 3.56. The number of aromatic amines is 1. The van der Waals surface area contributed by atoms with Gasteiger partial charge in [0.25, 0.3) is 0 Å². The second-order valence-corrected chi connectivity index (χ2v) is 6.33. The smallest absolute Gasteiger partial charge is 0.337 e. The largest absolute Gasteiger partial charge is 0.478 e. The van der Waals surface area contributed by atoms with Crippen LogP contribution in [0.4, 0.5) is 16.0 Å². The number of benzene rings is 2. The molecule has 4 rings (SSSR count). The Balaban J connectivity index is 0.000000211. The van der Waals surface area contributed by atoms with Crippen molar-refractivity contribution in [2.75, 3.05) is 5.32 Å². The summed E-state index contributed by atoms with van der Waals surface area (Å²) in [7, 11) is 0. The summed E-state index contributed by atoms with van der Waals surface area (Å²) < 4.78 is 13.1. The Kier molecular flexibility index (Phi) is 6.08. The fraction of sp³-hybridized carbons (Fsp3) is 0. The van der Waals surface area contributed by atoms with Crippen LogP contribution in [0.25, 0.3) is 11.0 Å². The Labute approximate surface area is 169 Å². The molecule has 0 spiro atoms. The average molecular weight is 419 g/mol. The summed E-state index contributed by atoms with van der Waals surface area (Å²) >= 11 is 12.1. The predicted molar refractivity (Wildman–Crippen MR) is 107 cm³/mol. The van der Waals surface area contributed by atoms with Crippen LogP contribution in [-0.2, 0) is 0 Å². The van der Waals surface area contributed by atoms with Gasteiger partial charge in [-0.05, 0) is 42.5 Å². The van der Waals surface area contributed by atoms with E-state index in [9.17, 15) is 9.18 Å². The molecule has 3 N–H and O–H groups in total. The lowest BCUT2D eigenvalue weighted by Gasteiger charge is -2.06. The van der Waals surface area contributed by atoms with Crippen LogP contribution in [-0.4, -0.2) is 26.0 Å².